The molecule has 0 atom stereocenters. The second kappa shape index (κ2) is 37.2. The number of piperazine rings is 2. The lowest BCUT2D eigenvalue weighted by Gasteiger charge is -2.43. The smallest absolute Gasteiger partial charge is 0.494 e. The average Bonchev–Trinajstić information content (AvgIpc) is 1.60. The molecule has 5 aliphatic heterocycles. The summed E-state index contributed by atoms with van der Waals surface area (Å²) in [7, 11) is 1.68. The van der Waals surface area contributed by atoms with Crippen molar-refractivity contribution in [1.29, 1.82) is 0 Å². The number of likely N-dealkylation sites (N-methyl/N-ethyl adjacent to an activating group) is 2. The van der Waals surface area contributed by atoms with Crippen LogP contribution in [-0.4, -0.2) is 227 Å². The maximum atomic E-state index is 13.6. The quantitative estimate of drug-likeness (QED) is 0.0324. The van der Waals surface area contributed by atoms with Crippen molar-refractivity contribution in [2.75, 3.05) is 178 Å². The molecule has 5 fully saturated rings. The normalized spacial score (nSPS) is 17.5. The molecule has 5 aliphatic rings. The number of hydrogen-bond donors (Lipinski definition) is 4. The van der Waals surface area contributed by atoms with Gasteiger partial charge in [-0.25, -0.2) is 9.97 Å². The second-order valence-electron chi connectivity index (χ2n) is 30.9. The summed E-state index contributed by atoms with van der Waals surface area (Å²) in [4.78, 5) is 33.7. The molecule has 4 N–H and O–H groups in total. The van der Waals surface area contributed by atoms with Crippen LogP contribution in [0.15, 0.2) is 86.6 Å². The van der Waals surface area contributed by atoms with Gasteiger partial charge in [0.15, 0.2) is 17.4 Å². The highest BCUT2D eigenvalue weighted by Crippen LogP contribution is 2.46. The number of anilines is 10. The first-order valence-electron chi connectivity index (χ1n) is 38.8. The lowest BCUT2D eigenvalue weighted by molar-refractivity contribution is 0.00578. The van der Waals surface area contributed by atoms with Gasteiger partial charge in [-0.05, 0) is 219 Å². The van der Waals surface area contributed by atoms with Gasteiger partial charge < -0.3 is 87.3 Å². The number of hydrogen-bond acceptors (Lipinski definition) is 26. The van der Waals surface area contributed by atoms with Gasteiger partial charge in [0.2, 0.25) is 11.9 Å². The van der Waals surface area contributed by atoms with Crippen molar-refractivity contribution < 1.29 is 46.4 Å². The van der Waals surface area contributed by atoms with Gasteiger partial charge in [0.25, 0.3) is 11.8 Å². The SMILES string of the molecule is CCOc1noc(C)c1-c1ccc(Nc2nc(Nc3cc(CC)c(N4CCC(N5CCN(C)CC5)CC4)cc3OC)ncc2Cl)c(P(C)(C)=O)c1.CCOc1noc(C)c1Br.CCc1cc(Nc2ncc(Cl)c(Nc3ccc(B4OC(C)(C)C(C)(C)O4)cc3P(C)(C)=O)n2)c(OC)cc1N1CCC(N2CCN(C)CC2)CC1. The fourth-order valence-electron chi connectivity index (χ4n) is 14.7. The van der Waals surface area contributed by atoms with E-state index in [2.05, 4.69) is 139 Å². The van der Waals surface area contributed by atoms with E-state index in [1.54, 1.807) is 53.3 Å². The molecule has 0 aliphatic carbocycles. The molecule has 0 saturated carbocycles. The lowest BCUT2D eigenvalue weighted by Crippen LogP contribution is -2.52. The van der Waals surface area contributed by atoms with Crippen LogP contribution in [0.4, 0.5) is 57.7 Å². The third-order valence-corrected chi connectivity index (χ3v) is 26.4. The van der Waals surface area contributed by atoms with Crippen LogP contribution in [0.5, 0.6) is 23.3 Å². The van der Waals surface area contributed by atoms with Crippen LogP contribution in [0.2, 0.25) is 10.0 Å². The molecule has 26 nitrogen and oxygen atoms in total. The zero-order chi connectivity index (χ0) is 80.6. The van der Waals surface area contributed by atoms with Gasteiger partial charge in [-0.15, -0.1) is 0 Å². The molecule has 4 aromatic heterocycles. The van der Waals surface area contributed by atoms with E-state index in [1.807, 2.05) is 91.8 Å². The van der Waals surface area contributed by atoms with Crippen LogP contribution in [0, 0.1) is 13.8 Å². The minimum absolute atomic E-state index is 0.322. The van der Waals surface area contributed by atoms with Gasteiger partial charge in [-0.2, -0.15) is 9.97 Å². The van der Waals surface area contributed by atoms with Crippen LogP contribution in [0.3, 0.4) is 0 Å². The molecule has 0 amide bonds. The summed E-state index contributed by atoms with van der Waals surface area (Å²) in [6.07, 6.45) is 9.50. The highest BCUT2D eigenvalue weighted by molar-refractivity contribution is 9.10. The molecule has 0 radical (unpaired) electrons. The fraction of sp³-hybridized carbons (Fsp3) is 0.525. The van der Waals surface area contributed by atoms with Crippen molar-refractivity contribution in [3.05, 3.63) is 110 Å². The summed E-state index contributed by atoms with van der Waals surface area (Å²) in [5, 5.41) is 23.1. The predicted molar refractivity (Wildman–Crippen MR) is 459 cm³/mol. The van der Waals surface area contributed by atoms with E-state index in [1.165, 1.54) is 22.5 Å². The van der Waals surface area contributed by atoms with Crippen molar-refractivity contribution in [1.82, 2.24) is 49.8 Å². The maximum Gasteiger partial charge on any atom is 0.494 e. The minimum Gasteiger partial charge on any atom is -0.494 e. The van der Waals surface area contributed by atoms with Gasteiger partial charge in [-0.1, -0.05) is 49.2 Å². The number of benzene rings is 4. The number of ether oxygens (including phenoxy) is 4. The zero-order valence-corrected chi connectivity index (χ0v) is 73.2. The zero-order valence-electron chi connectivity index (χ0n) is 68.3. The summed E-state index contributed by atoms with van der Waals surface area (Å²) in [6, 6.07) is 21.2. The molecule has 112 heavy (non-hydrogen) atoms. The molecule has 5 saturated heterocycles. The monoisotopic (exact) mass is 1680 g/mol. The standard InChI is InChI=1S/C37H54BClN7O4P.C37H50ClN8O4P.C6H8BrNO2/c1-10-25-21-30(32(48-7)23-31(25)46-15-13-27(14-16-46)45-19-17-44(6)18-20-45)42-35-40-24-28(39)34(43-35)41-29-12-11-26(22-33(29)51(8,9)47)38-49-36(2,3)37(4,5)50-38;1-8-25-20-30(32(48-5)22-31(25)46-14-12-27(13-15-46)45-18-16-44(4)17-19-45)41-37-39-23-28(38)35(42-37)40-29-11-10-26(21-33(29)51(6,7)47)34-24(3)50-43-36(34)49-9-2;1-3-9-6-5(7)4(2)10-8-6/h11-12,21-24,27H,10,13-20H2,1-9H3,(H2,40,41,42,43);10-11,20-23,27H,8-9,12-19H2,1-7H3,(H2,39,40,41,42);3H2,1-2H3. The molecule has 4 aromatic carbocycles. The van der Waals surface area contributed by atoms with E-state index >= 15 is 0 Å². The molecule has 606 valence electrons. The van der Waals surface area contributed by atoms with Gasteiger partial charge in [0.05, 0.1) is 79.3 Å². The number of methoxy groups -OCH3 is 2. The van der Waals surface area contributed by atoms with E-state index < -0.39 is 32.6 Å². The van der Waals surface area contributed by atoms with E-state index in [-0.39, 0.29) is 0 Å². The van der Waals surface area contributed by atoms with Crippen molar-refractivity contribution in [3.8, 4) is 34.4 Å². The van der Waals surface area contributed by atoms with E-state index in [0.29, 0.717) is 104 Å². The number of rotatable bonds is 24. The summed E-state index contributed by atoms with van der Waals surface area (Å²) in [5.74, 6) is 5.18. The van der Waals surface area contributed by atoms with Crippen LogP contribution in [0.1, 0.15) is 104 Å². The summed E-state index contributed by atoms with van der Waals surface area (Å²) in [5.41, 5.74) is 9.04. The number of nitrogens with one attached hydrogen (secondary N) is 4. The molecular formula is C80H112BBrCl2N16O10P2. The van der Waals surface area contributed by atoms with Gasteiger partial charge in [0, 0.05) is 125 Å². The Hall–Kier alpha value is -7.20. The first kappa shape index (κ1) is 85.7. The number of piperidine rings is 2. The largest absolute Gasteiger partial charge is 0.494 e. The molecule has 9 heterocycles. The Morgan fingerprint density at radius 2 is 0.973 bits per heavy atom. The number of aromatic nitrogens is 6. The molecule has 0 spiro atoms. The van der Waals surface area contributed by atoms with Crippen LogP contribution >= 0.6 is 53.4 Å². The van der Waals surface area contributed by atoms with Crippen LogP contribution < -0.4 is 66.1 Å². The third-order valence-electron chi connectivity index (χ3n) is 21.9. The predicted octanol–water partition coefficient (Wildman–Crippen LogP) is 15.1. The molecular weight excluding hydrogens is 1570 g/mol. The molecule has 0 bridgehead atoms. The molecule has 0 unspecified atom stereocenters. The van der Waals surface area contributed by atoms with Gasteiger partial charge in [-0.3, -0.25) is 9.80 Å². The number of halogens is 3. The number of nitrogens with zero attached hydrogens (tertiary/aromatic N) is 12. The van der Waals surface area contributed by atoms with E-state index in [9.17, 15) is 9.13 Å². The molecule has 32 heteroatoms. The van der Waals surface area contributed by atoms with Crippen LogP contribution in [0.25, 0.3) is 11.1 Å². The van der Waals surface area contributed by atoms with Crippen molar-refractivity contribution in [2.24, 2.45) is 0 Å². The number of aryl methyl sites for hydroxylation is 4. The van der Waals surface area contributed by atoms with Gasteiger partial charge in [0.1, 0.15) is 46.1 Å². The van der Waals surface area contributed by atoms with Crippen molar-refractivity contribution in [2.45, 2.75) is 131 Å². The maximum absolute atomic E-state index is 13.6. The van der Waals surface area contributed by atoms with Crippen LogP contribution in [-0.2, 0) is 31.3 Å². The lowest BCUT2D eigenvalue weighted by atomic mass is 9.79. The summed E-state index contributed by atoms with van der Waals surface area (Å²) >= 11 is 16.5. The second-order valence-corrected chi connectivity index (χ2v) is 38.9. The highest BCUT2D eigenvalue weighted by Gasteiger charge is 2.52. The third kappa shape index (κ3) is 20.5. The van der Waals surface area contributed by atoms with Crippen molar-refractivity contribution >= 4 is 134 Å². The van der Waals surface area contributed by atoms with Crippen molar-refractivity contribution in [3.63, 3.8) is 0 Å². The fourth-order valence-corrected chi connectivity index (χ4v) is 17.6. The molecule has 13 rings (SSSR count). The Bertz CT molecular complexity index is 4630. The first-order chi connectivity index (χ1) is 53.3. The Morgan fingerprint density at radius 1 is 0.554 bits per heavy atom. The topological polar surface area (TPSA) is 261 Å². The minimum atomic E-state index is -2.78. The first-order valence-corrected chi connectivity index (χ1v) is 45.6. The van der Waals surface area contributed by atoms with Gasteiger partial charge >= 0.3 is 7.12 Å². The summed E-state index contributed by atoms with van der Waals surface area (Å²) < 4.78 is 73.4. The Morgan fingerprint density at radius 3 is 1.38 bits per heavy atom. The Balaban J connectivity index is 0.000000197. The highest BCUT2D eigenvalue weighted by atomic mass is 79.9. The molecule has 8 aromatic rings. The Labute approximate surface area is 679 Å². The summed E-state index contributed by atoms with van der Waals surface area (Å²) in [6.45, 7) is 41.2. The Kier molecular flexibility index (Phi) is 28.4. The van der Waals surface area contributed by atoms with E-state index in [0.717, 1.165) is 161 Å². The van der Waals surface area contributed by atoms with E-state index in [4.69, 9.17) is 70.5 Å². The average molecular weight is 1680 g/mol.